The van der Waals surface area contributed by atoms with Gasteiger partial charge in [-0.05, 0) is 44.5 Å². The van der Waals surface area contributed by atoms with Gasteiger partial charge in [0.15, 0.2) is 0 Å². The largest absolute Gasteiger partial charge is 0.490 e. The highest BCUT2D eigenvalue weighted by Crippen LogP contribution is 2.28. The maximum absolute atomic E-state index is 5.92. The monoisotopic (exact) mass is 329 g/mol. The van der Waals surface area contributed by atoms with Crippen molar-refractivity contribution in [2.75, 3.05) is 20.3 Å². The molecule has 0 fully saturated rings. The minimum Gasteiger partial charge on any atom is -0.490 e. The zero-order valence-corrected chi connectivity index (χ0v) is 13.8. The molecule has 1 unspecified atom stereocenters. The summed E-state index contributed by atoms with van der Waals surface area (Å²) in [5.41, 5.74) is 2.33. The Balaban J connectivity index is 2.80. The lowest BCUT2D eigenvalue weighted by atomic mass is 10.1. The molecule has 0 spiro atoms. The summed E-state index contributed by atoms with van der Waals surface area (Å²) < 4.78 is 12.2. The molecule has 0 aliphatic heterocycles. The fourth-order valence-corrected chi connectivity index (χ4v) is 2.43. The van der Waals surface area contributed by atoms with Gasteiger partial charge < -0.3 is 14.8 Å². The molecule has 0 aliphatic rings. The maximum Gasteiger partial charge on any atom is 0.126 e. The first kappa shape index (κ1) is 16.5. The fourth-order valence-electron chi connectivity index (χ4n) is 1.81. The average Bonchev–Trinajstić information content (AvgIpc) is 2.37. The lowest BCUT2D eigenvalue weighted by Crippen LogP contribution is -2.19. The highest BCUT2D eigenvalue weighted by Gasteiger charge is 2.10. The number of halogens is 1. The van der Waals surface area contributed by atoms with Crippen LogP contribution in [0.15, 0.2) is 16.6 Å². The predicted octanol–water partition coefficient (Wildman–Crippen LogP) is 3.67. The number of rotatable bonds is 8. The fraction of sp³-hybridized carbons (Fsp3) is 0.600. The van der Waals surface area contributed by atoms with E-state index in [1.807, 2.05) is 6.92 Å². The van der Waals surface area contributed by atoms with E-state index in [1.54, 1.807) is 7.11 Å². The van der Waals surface area contributed by atoms with Crippen LogP contribution < -0.4 is 10.1 Å². The van der Waals surface area contributed by atoms with Crippen LogP contribution in [0.3, 0.4) is 0 Å². The van der Waals surface area contributed by atoms with Gasteiger partial charge >= 0.3 is 0 Å². The number of aryl methyl sites for hydroxylation is 1. The van der Waals surface area contributed by atoms with Crippen LogP contribution in [0.4, 0.5) is 0 Å². The molecule has 19 heavy (non-hydrogen) atoms. The van der Waals surface area contributed by atoms with E-state index in [9.17, 15) is 0 Å². The average molecular weight is 330 g/mol. The van der Waals surface area contributed by atoms with Gasteiger partial charge in [-0.25, -0.2) is 0 Å². The molecule has 0 saturated heterocycles. The molecular formula is C15H24BrNO2. The van der Waals surface area contributed by atoms with Gasteiger partial charge in [0.1, 0.15) is 12.4 Å². The molecule has 1 aromatic rings. The minimum absolute atomic E-state index is 0.0968. The van der Waals surface area contributed by atoms with E-state index in [0.29, 0.717) is 6.61 Å². The van der Waals surface area contributed by atoms with Gasteiger partial charge in [-0.15, -0.1) is 0 Å². The number of hydrogen-bond acceptors (Lipinski definition) is 3. The standard InChI is InChI=1S/C15H24BrNO2/c1-5-6-17-9-13-8-14(16)7-11(2)15(13)19-10-12(3)18-4/h7-8,12,17H,5-6,9-10H2,1-4H3. The molecule has 0 saturated carbocycles. The Kier molecular flexibility index (Phi) is 7.42. The van der Waals surface area contributed by atoms with E-state index in [-0.39, 0.29) is 6.10 Å². The van der Waals surface area contributed by atoms with Crippen LogP contribution in [0.2, 0.25) is 0 Å². The second kappa shape index (κ2) is 8.56. The van der Waals surface area contributed by atoms with Crippen molar-refractivity contribution in [3.8, 4) is 5.75 Å². The highest BCUT2D eigenvalue weighted by atomic mass is 79.9. The van der Waals surface area contributed by atoms with Crippen LogP contribution in [0.5, 0.6) is 5.75 Å². The summed E-state index contributed by atoms with van der Waals surface area (Å²) in [6, 6.07) is 4.19. The van der Waals surface area contributed by atoms with Gasteiger partial charge in [0.2, 0.25) is 0 Å². The molecule has 0 aromatic heterocycles. The molecule has 1 N–H and O–H groups in total. The Morgan fingerprint density at radius 1 is 1.37 bits per heavy atom. The molecule has 0 aliphatic carbocycles. The van der Waals surface area contributed by atoms with E-state index in [0.717, 1.165) is 35.3 Å². The lowest BCUT2D eigenvalue weighted by molar-refractivity contribution is 0.0710. The molecule has 1 rings (SSSR count). The summed E-state index contributed by atoms with van der Waals surface area (Å²) in [4.78, 5) is 0. The third-order valence-corrected chi connectivity index (χ3v) is 3.38. The molecule has 108 valence electrons. The molecule has 4 heteroatoms. The first-order valence-corrected chi connectivity index (χ1v) is 7.53. The molecule has 0 amide bonds. The number of ether oxygens (including phenoxy) is 2. The summed E-state index contributed by atoms with van der Waals surface area (Å²) in [6.07, 6.45) is 1.23. The van der Waals surface area contributed by atoms with Gasteiger partial charge in [-0.1, -0.05) is 22.9 Å². The topological polar surface area (TPSA) is 30.5 Å². The van der Waals surface area contributed by atoms with Gasteiger partial charge in [0, 0.05) is 23.7 Å². The van der Waals surface area contributed by atoms with Crippen molar-refractivity contribution in [2.45, 2.75) is 39.8 Å². The zero-order chi connectivity index (χ0) is 14.3. The van der Waals surface area contributed by atoms with Crippen LogP contribution in [-0.4, -0.2) is 26.4 Å². The number of hydrogen-bond donors (Lipinski definition) is 1. The van der Waals surface area contributed by atoms with E-state index >= 15 is 0 Å². The van der Waals surface area contributed by atoms with Gasteiger partial charge in [0.05, 0.1) is 6.10 Å². The molecule has 0 radical (unpaired) electrons. The Morgan fingerprint density at radius 2 is 2.11 bits per heavy atom. The molecule has 0 heterocycles. The number of benzene rings is 1. The van der Waals surface area contributed by atoms with E-state index in [2.05, 4.69) is 47.2 Å². The smallest absolute Gasteiger partial charge is 0.126 e. The second-order valence-electron chi connectivity index (χ2n) is 4.75. The maximum atomic E-state index is 5.92. The van der Waals surface area contributed by atoms with Gasteiger partial charge in [-0.3, -0.25) is 0 Å². The van der Waals surface area contributed by atoms with Crippen LogP contribution in [-0.2, 0) is 11.3 Å². The van der Waals surface area contributed by atoms with Crippen molar-refractivity contribution in [2.24, 2.45) is 0 Å². The summed E-state index contributed by atoms with van der Waals surface area (Å²) >= 11 is 3.54. The van der Waals surface area contributed by atoms with Crippen molar-refractivity contribution >= 4 is 15.9 Å². The van der Waals surface area contributed by atoms with E-state index in [1.165, 1.54) is 5.56 Å². The first-order valence-electron chi connectivity index (χ1n) is 6.73. The SMILES string of the molecule is CCCNCc1cc(Br)cc(C)c1OCC(C)OC. The number of nitrogens with one attached hydrogen (secondary N) is 1. The van der Waals surface area contributed by atoms with Crippen LogP contribution >= 0.6 is 15.9 Å². The van der Waals surface area contributed by atoms with Crippen molar-refractivity contribution in [1.82, 2.24) is 5.32 Å². The van der Waals surface area contributed by atoms with Gasteiger partial charge in [0.25, 0.3) is 0 Å². The Bertz CT molecular complexity index is 396. The second-order valence-corrected chi connectivity index (χ2v) is 5.66. The molecule has 0 bridgehead atoms. The summed E-state index contributed by atoms with van der Waals surface area (Å²) in [5.74, 6) is 0.968. The first-order chi connectivity index (χ1) is 9.08. The normalized spacial score (nSPS) is 12.5. The zero-order valence-electron chi connectivity index (χ0n) is 12.3. The summed E-state index contributed by atoms with van der Waals surface area (Å²) in [6.45, 7) is 8.64. The van der Waals surface area contributed by atoms with Crippen LogP contribution in [0.25, 0.3) is 0 Å². The molecule has 1 atom stereocenters. The summed E-state index contributed by atoms with van der Waals surface area (Å²) in [5, 5.41) is 3.42. The number of methoxy groups -OCH3 is 1. The third kappa shape index (κ3) is 5.51. The van der Waals surface area contributed by atoms with Crippen molar-refractivity contribution in [3.05, 3.63) is 27.7 Å². The Morgan fingerprint density at radius 3 is 2.74 bits per heavy atom. The van der Waals surface area contributed by atoms with E-state index < -0.39 is 0 Å². The van der Waals surface area contributed by atoms with Crippen molar-refractivity contribution < 1.29 is 9.47 Å². The molecule has 1 aromatic carbocycles. The highest BCUT2D eigenvalue weighted by molar-refractivity contribution is 9.10. The van der Waals surface area contributed by atoms with Crippen LogP contribution in [0.1, 0.15) is 31.4 Å². The lowest BCUT2D eigenvalue weighted by Gasteiger charge is -2.17. The minimum atomic E-state index is 0.0968. The van der Waals surface area contributed by atoms with Crippen molar-refractivity contribution in [3.63, 3.8) is 0 Å². The molecule has 3 nitrogen and oxygen atoms in total. The predicted molar refractivity (Wildman–Crippen MR) is 82.8 cm³/mol. The van der Waals surface area contributed by atoms with E-state index in [4.69, 9.17) is 9.47 Å². The quantitative estimate of drug-likeness (QED) is 0.738. The summed E-state index contributed by atoms with van der Waals surface area (Å²) in [7, 11) is 1.70. The van der Waals surface area contributed by atoms with Gasteiger partial charge in [-0.2, -0.15) is 0 Å². The third-order valence-electron chi connectivity index (χ3n) is 2.92. The van der Waals surface area contributed by atoms with Crippen LogP contribution in [0, 0.1) is 6.92 Å². The van der Waals surface area contributed by atoms with Crippen molar-refractivity contribution in [1.29, 1.82) is 0 Å². The Hall–Kier alpha value is -0.580. The Labute approximate surface area is 124 Å². The molecular weight excluding hydrogens is 306 g/mol.